The molecule has 22 heavy (non-hydrogen) atoms. The zero-order valence-corrected chi connectivity index (χ0v) is 16.4. The molecule has 1 aromatic rings. The van der Waals surface area contributed by atoms with Gasteiger partial charge in [0.15, 0.2) is 0 Å². The summed E-state index contributed by atoms with van der Waals surface area (Å²) >= 11 is 7.94. The fourth-order valence-corrected chi connectivity index (χ4v) is 4.98. The van der Waals surface area contributed by atoms with Gasteiger partial charge in [0.2, 0.25) is 0 Å². The number of rotatable bonds is 7. The van der Waals surface area contributed by atoms with Crippen molar-refractivity contribution < 1.29 is 0 Å². The van der Waals surface area contributed by atoms with Crippen LogP contribution in [0.5, 0.6) is 0 Å². The van der Waals surface area contributed by atoms with Gasteiger partial charge in [-0.1, -0.05) is 87.7 Å². The van der Waals surface area contributed by atoms with Gasteiger partial charge in [0.05, 0.1) is 3.23 Å². The molecule has 0 saturated heterocycles. The third-order valence-corrected chi connectivity index (χ3v) is 6.73. The number of allylic oxidation sites excluding steroid dienone is 1. The molecule has 2 rings (SSSR count). The third-order valence-electron chi connectivity index (χ3n) is 4.88. The van der Waals surface area contributed by atoms with Crippen molar-refractivity contribution in [3.63, 3.8) is 0 Å². The van der Waals surface area contributed by atoms with Crippen molar-refractivity contribution in [2.45, 2.75) is 48.2 Å². The Kier molecular flexibility index (Phi) is 6.95. The molecule has 0 N–H and O–H groups in total. The molecule has 0 heterocycles. The van der Waals surface area contributed by atoms with Gasteiger partial charge in [0.25, 0.3) is 0 Å². The van der Waals surface area contributed by atoms with Crippen LogP contribution in [0, 0.1) is 11.8 Å². The maximum atomic E-state index is 3.97. The molecule has 0 atom stereocenters. The van der Waals surface area contributed by atoms with Crippen molar-refractivity contribution in [3.05, 3.63) is 54.6 Å². The zero-order chi connectivity index (χ0) is 16.0. The molecular weight excluding hydrogens is 400 g/mol. The lowest BCUT2D eigenvalue weighted by atomic mass is 9.78. The summed E-state index contributed by atoms with van der Waals surface area (Å²) in [5, 5.41) is 0. The lowest BCUT2D eigenvalue weighted by Crippen LogP contribution is -2.31. The normalized spacial score (nSPS) is 22.3. The first-order chi connectivity index (χ1) is 10.5. The summed E-state index contributed by atoms with van der Waals surface area (Å²) in [6.45, 7) is 7.65. The van der Waals surface area contributed by atoms with Crippen LogP contribution in [0.25, 0.3) is 6.08 Å². The molecule has 1 saturated carbocycles. The summed E-state index contributed by atoms with van der Waals surface area (Å²) in [6.07, 6.45) is 12.8. The standard InChI is InChI=1S/C20H26Br2/c1-3-5-6-17-11-13-19(14-12-17)20(21,22)15-18-9-7-16(4-2)8-10-18/h3-4,7-10,17,19H,1-2,5-6,11-15H2. The second-order valence-electron chi connectivity index (χ2n) is 6.47. The fourth-order valence-electron chi connectivity index (χ4n) is 3.42. The van der Waals surface area contributed by atoms with Crippen molar-refractivity contribution in [2.75, 3.05) is 0 Å². The maximum absolute atomic E-state index is 3.97. The average Bonchev–Trinajstić information content (AvgIpc) is 2.53. The predicted molar refractivity (Wildman–Crippen MR) is 106 cm³/mol. The van der Waals surface area contributed by atoms with E-state index in [1.165, 1.54) is 49.7 Å². The minimum atomic E-state index is 0.0269. The highest BCUT2D eigenvalue weighted by molar-refractivity contribution is 9.25. The highest BCUT2D eigenvalue weighted by Crippen LogP contribution is 2.46. The van der Waals surface area contributed by atoms with Gasteiger partial charge in [-0.05, 0) is 55.1 Å². The van der Waals surface area contributed by atoms with E-state index in [-0.39, 0.29) is 3.23 Å². The number of hydrogen-bond donors (Lipinski definition) is 0. The fraction of sp³-hybridized carbons (Fsp3) is 0.500. The molecule has 0 aliphatic heterocycles. The Morgan fingerprint density at radius 1 is 1.05 bits per heavy atom. The van der Waals surface area contributed by atoms with E-state index in [9.17, 15) is 0 Å². The van der Waals surface area contributed by atoms with Crippen LogP contribution in [0.4, 0.5) is 0 Å². The molecule has 0 amide bonds. The molecule has 1 aliphatic rings. The first kappa shape index (κ1) is 18.0. The van der Waals surface area contributed by atoms with E-state index < -0.39 is 0 Å². The molecule has 1 aliphatic carbocycles. The Hall–Kier alpha value is -0.340. The molecule has 1 fully saturated rings. The Morgan fingerprint density at radius 2 is 1.68 bits per heavy atom. The third kappa shape index (κ3) is 5.09. The summed E-state index contributed by atoms with van der Waals surface area (Å²) in [7, 11) is 0. The minimum Gasteiger partial charge on any atom is -0.103 e. The highest BCUT2D eigenvalue weighted by atomic mass is 79.9. The highest BCUT2D eigenvalue weighted by Gasteiger charge is 2.36. The van der Waals surface area contributed by atoms with Crippen LogP contribution in [0.15, 0.2) is 43.5 Å². The molecule has 120 valence electrons. The van der Waals surface area contributed by atoms with Gasteiger partial charge in [-0.25, -0.2) is 0 Å². The summed E-state index contributed by atoms with van der Waals surface area (Å²) < 4.78 is 0.0269. The summed E-state index contributed by atoms with van der Waals surface area (Å²) in [5.41, 5.74) is 2.55. The lowest BCUT2D eigenvalue weighted by molar-refractivity contribution is 0.254. The number of halogens is 2. The molecule has 2 heteroatoms. The van der Waals surface area contributed by atoms with Gasteiger partial charge in [0.1, 0.15) is 0 Å². The van der Waals surface area contributed by atoms with Crippen LogP contribution in [0.3, 0.4) is 0 Å². The van der Waals surface area contributed by atoms with Crippen molar-refractivity contribution in [2.24, 2.45) is 11.8 Å². The Bertz CT molecular complexity index is 479. The van der Waals surface area contributed by atoms with Crippen LogP contribution < -0.4 is 0 Å². The van der Waals surface area contributed by atoms with Gasteiger partial charge in [0, 0.05) is 0 Å². The van der Waals surface area contributed by atoms with Crippen LogP contribution in [0.1, 0.15) is 49.7 Å². The molecule has 0 radical (unpaired) electrons. The minimum absolute atomic E-state index is 0.0269. The molecule has 0 bridgehead atoms. The van der Waals surface area contributed by atoms with Gasteiger partial charge in [-0.3, -0.25) is 0 Å². The van der Waals surface area contributed by atoms with E-state index >= 15 is 0 Å². The van der Waals surface area contributed by atoms with E-state index in [1.54, 1.807) is 0 Å². The van der Waals surface area contributed by atoms with Gasteiger partial charge >= 0.3 is 0 Å². The van der Waals surface area contributed by atoms with Gasteiger partial charge < -0.3 is 0 Å². The Morgan fingerprint density at radius 3 is 2.23 bits per heavy atom. The number of benzene rings is 1. The van der Waals surface area contributed by atoms with E-state index in [0.29, 0.717) is 5.92 Å². The first-order valence-corrected chi connectivity index (χ1v) is 9.84. The van der Waals surface area contributed by atoms with E-state index in [0.717, 1.165) is 12.3 Å². The second kappa shape index (κ2) is 8.49. The average molecular weight is 426 g/mol. The largest absolute Gasteiger partial charge is 0.103 e. The van der Waals surface area contributed by atoms with E-state index in [4.69, 9.17) is 0 Å². The summed E-state index contributed by atoms with van der Waals surface area (Å²) in [6, 6.07) is 8.71. The van der Waals surface area contributed by atoms with Crippen LogP contribution in [0.2, 0.25) is 0 Å². The van der Waals surface area contributed by atoms with Crippen molar-refractivity contribution in [3.8, 4) is 0 Å². The summed E-state index contributed by atoms with van der Waals surface area (Å²) in [4.78, 5) is 0. The van der Waals surface area contributed by atoms with E-state index in [1.807, 2.05) is 6.08 Å². The maximum Gasteiger partial charge on any atom is 0.0873 e. The molecule has 0 nitrogen and oxygen atoms in total. The zero-order valence-electron chi connectivity index (χ0n) is 13.2. The van der Waals surface area contributed by atoms with E-state index in [2.05, 4.69) is 75.4 Å². The summed E-state index contributed by atoms with van der Waals surface area (Å²) in [5.74, 6) is 1.60. The van der Waals surface area contributed by atoms with Crippen LogP contribution >= 0.6 is 31.9 Å². The smallest absolute Gasteiger partial charge is 0.0873 e. The topological polar surface area (TPSA) is 0 Å². The lowest BCUT2D eigenvalue weighted by Gasteiger charge is -2.36. The Balaban J connectivity index is 1.90. The van der Waals surface area contributed by atoms with Crippen molar-refractivity contribution in [1.29, 1.82) is 0 Å². The van der Waals surface area contributed by atoms with Crippen LogP contribution in [-0.4, -0.2) is 3.23 Å². The van der Waals surface area contributed by atoms with Crippen LogP contribution in [-0.2, 0) is 6.42 Å². The van der Waals surface area contributed by atoms with Crippen molar-refractivity contribution in [1.82, 2.24) is 0 Å². The predicted octanol–water partition coefficient (Wildman–Crippen LogP) is 7.13. The van der Waals surface area contributed by atoms with Gasteiger partial charge in [-0.2, -0.15) is 0 Å². The van der Waals surface area contributed by atoms with Gasteiger partial charge in [-0.15, -0.1) is 6.58 Å². The molecular formula is C20H26Br2. The number of alkyl halides is 2. The number of hydrogen-bond acceptors (Lipinski definition) is 0. The molecule has 0 unspecified atom stereocenters. The SMILES string of the molecule is C=CCCC1CCC(C(Br)(Br)Cc2ccc(C=C)cc2)CC1. The molecule has 1 aromatic carbocycles. The van der Waals surface area contributed by atoms with Crippen molar-refractivity contribution >= 4 is 37.9 Å². The molecule has 0 spiro atoms. The Labute approximate surface area is 152 Å². The second-order valence-corrected chi connectivity index (χ2v) is 10.4. The quantitative estimate of drug-likeness (QED) is 0.321. The monoisotopic (exact) mass is 424 g/mol. The first-order valence-electron chi connectivity index (χ1n) is 8.25. The molecule has 0 aromatic heterocycles.